The van der Waals surface area contributed by atoms with Crippen LogP contribution in [0.25, 0.3) is 0 Å². The molecule has 0 fully saturated rings. The maximum Gasteiger partial charge on any atom is 0.306 e. The van der Waals surface area contributed by atoms with Crippen LogP contribution in [0.2, 0.25) is 0 Å². The van der Waals surface area contributed by atoms with Crippen molar-refractivity contribution in [3.63, 3.8) is 0 Å². The number of phosphoric acid groups is 1. The molecule has 0 saturated heterocycles. The van der Waals surface area contributed by atoms with E-state index in [-0.39, 0.29) is 25.8 Å². The second kappa shape index (κ2) is 42.4. The van der Waals surface area contributed by atoms with Gasteiger partial charge < -0.3 is 27.9 Å². The Morgan fingerprint density at radius 2 is 0.948 bits per heavy atom. The second-order valence-electron chi connectivity index (χ2n) is 17.5. The number of quaternary nitrogens is 1. The first-order chi connectivity index (χ1) is 28.1. The molecule has 0 bridgehead atoms. The molecule has 58 heavy (non-hydrogen) atoms. The maximum atomic E-state index is 12.7. The summed E-state index contributed by atoms with van der Waals surface area (Å²) >= 11 is 0. The molecule has 0 amide bonds. The molecule has 0 rings (SSSR count). The van der Waals surface area contributed by atoms with Gasteiger partial charge in [0.15, 0.2) is 0 Å². The Kier molecular flexibility index (Phi) is 41.5. The van der Waals surface area contributed by atoms with Gasteiger partial charge in [-0.15, -0.1) is 0 Å². The molecular formula is C49H94NO7P. The molecule has 0 N–H and O–H groups in total. The lowest BCUT2D eigenvalue weighted by atomic mass is 10.1. The third-order valence-electron chi connectivity index (χ3n) is 10.4. The number of ether oxygens (including phenoxy) is 2. The maximum absolute atomic E-state index is 12.7. The summed E-state index contributed by atoms with van der Waals surface area (Å²) in [6, 6.07) is 0. The smallest absolute Gasteiger partial charge is 0.306 e. The van der Waals surface area contributed by atoms with E-state index >= 15 is 0 Å². The molecule has 0 heterocycles. The third kappa shape index (κ3) is 45.8. The highest BCUT2D eigenvalue weighted by Crippen LogP contribution is 2.38. The summed E-state index contributed by atoms with van der Waals surface area (Å²) in [4.78, 5) is 25.1. The van der Waals surface area contributed by atoms with Crippen molar-refractivity contribution in [2.45, 2.75) is 219 Å². The lowest BCUT2D eigenvalue weighted by Crippen LogP contribution is -2.37. The van der Waals surface area contributed by atoms with Crippen LogP contribution < -0.4 is 4.89 Å². The van der Waals surface area contributed by atoms with Crippen LogP contribution >= 0.6 is 7.82 Å². The number of nitrogens with zero attached hydrogens (tertiary/aromatic N) is 1. The van der Waals surface area contributed by atoms with Crippen molar-refractivity contribution in [2.24, 2.45) is 0 Å². The molecule has 0 radical (unpaired) electrons. The van der Waals surface area contributed by atoms with Crippen molar-refractivity contribution < 1.29 is 37.3 Å². The average Bonchev–Trinajstić information content (AvgIpc) is 3.18. The first-order valence-electron chi connectivity index (χ1n) is 24.2. The first kappa shape index (κ1) is 56.7. The normalized spacial score (nSPS) is 14.0. The molecule has 9 heteroatoms. The fraction of sp³-hybridized carbons (Fsp3) is 0.857. The van der Waals surface area contributed by atoms with Crippen LogP contribution in [0.1, 0.15) is 213 Å². The second-order valence-corrected chi connectivity index (χ2v) is 18.9. The SMILES string of the molecule is CCCCCC/C=C\C/C=C\CCCCCCCCCCOCC(COP(=O)([O-])OCC[N+](C)(C)C)OC(=O)CCCCCCCCC/C=C\CCCCCCCC. The summed E-state index contributed by atoms with van der Waals surface area (Å²) in [5.41, 5.74) is 0. The highest BCUT2D eigenvalue weighted by atomic mass is 31.2. The molecule has 8 nitrogen and oxygen atoms in total. The standard InChI is InChI=1S/C49H94NO7P/c1-6-8-10-12-14-16-18-20-22-24-25-27-29-31-33-35-37-39-41-44-54-46-48(47-56-58(52,53)55-45-43-50(3,4)5)57-49(51)42-40-38-36-34-32-30-28-26-23-21-19-17-15-13-11-9-7-2/h16,18,21-24,48H,6-15,17,19-20,25-47H2,1-5H3/b18-16-,23-21-,24-22-. The molecule has 2 atom stereocenters. The van der Waals surface area contributed by atoms with E-state index in [2.05, 4.69) is 50.3 Å². The summed E-state index contributed by atoms with van der Waals surface area (Å²) in [5, 5.41) is 0. The largest absolute Gasteiger partial charge is 0.756 e. The minimum atomic E-state index is -4.53. The third-order valence-corrected chi connectivity index (χ3v) is 11.4. The van der Waals surface area contributed by atoms with E-state index < -0.39 is 13.9 Å². The minimum Gasteiger partial charge on any atom is -0.756 e. The van der Waals surface area contributed by atoms with Crippen molar-refractivity contribution in [1.82, 2.24) is 0 Å². The van der Waals surface area contributed by atoms with Crippen molar-refractivity contribution in [3.8, 4) is 0 Å². The fourth-order valence-corrected chi connectivity index (χ4v) is 7.36. The molecule has 0 aromatic carbocycles. The fourth-order valence-electron chi connectivity index (χ4n) is 6.63. The summed E-state index contributed by atoms with van der Waals surface area (Å²) in [5.74, 6) is -0.340. The van der Waals surface area contributed by atoms with Gasteiger partial charge in [0.2, 0.25) is 0 Å². The van der Waals surface area contributed by atoms with Crippen LogP contribution in [0.3, 0.4) is 0 Å². The highest BCUT2D eigenvalue weighted by molar-refractivity contribution is 7.45. The number of likely N-dealkylation sites (N-methyl/N-ethyl adjacent to an activating group) is 1. The Morgan fingerprint density at radius 3 is 1.43 bits per heavy atom. The predicted molar refractivity (Wildman–Crippen MR) is 245 cm³/mol. The van der Waals surface area contributed by atoms with Crippen LogP contribution in [0.15, 0.2) is 36.5 Å². The Hall–Kier alpha value is -1.28. The van der Waals surface area contributed by atoms with Gasteiger partial charge in [0.25, 0.3) is 7.82 Å². The zero-order chi connectivity index (χ0) is 42.7. The van der Waals surface area contributed by atoms with Crippen molar-refractivity contribution in [2.75, 3.05) is 54.1 Å². The number of unbranched alkanes of at least 4 members (excludes halogenated alkanes) is 25. The molecule has 0 saturated carbocycles. The van der Waals surface area contributed by atoms with E-state index in [4.69, 9.17) is 18.5 Å². The number of phosphoric ester groups is 1. The molecule has 0 aliphatic rings. The monoisotopic (exact) mass is 840 g/mol. The number of carbonyl (C=O) groups is 1. The zero-order valence-corrected chi connectivity index (χ0v) is 39.6. The Balaban J connectivity index is 4.19. The van der Waals surface area contributed by atoms with E-state index in [1.54, 1.807) is 0 Å². The number of rotatable bonds is 45. The lowest BCUT2D eigenvalue weighted by molar-refractivity contribution is -0.870. The Labute approximate surface area is 359 Å². The molecule has 0 aromatic rings. The number of allylic oxidation sites excluding steroid dienone is 6. The lowest BCUT2D eigenvalue weighted by Gasteiger charge is -2.28. The Bertz CT molecular complexity index is 1020. The van der Waals surface area contributed by atoms with Gasteiger partial charge in [0.1, 0.15) is 19.3 Å². The van der Waals surface area contributed by atoms with Crippen molar-refractivity contribution in [1.29, 1.82) is 0 Å². The van der Waals surface area contributed by atoms with E-state index in [0.29, 0.717) is 24.1 Å². The summed E-state index contributed by atoms with van der Waals surface area (Å²) in [7, 11) is 1.35. The topological polar surface area (TPSA) is 94.1 Å². The minimum absolute atomic E-state index is 0.0241. The van der Waals surface area contributed by atoms with Gasteiger partial charge in [-0.3, -0.25) is 9.36 Å². The average molecular weight is 840 g/mol. The molecule has 0 aromatic heterocycles. The molecule has 0 spiro atoms. The van der Waals surface area contributed by atoms with Gasteiger partial charge in [-0.1, -0.05) is 172 Å². The summed E-state index contributed by atoms with van der Waals surface area (Å²) < 4.78 is 34.7. The van der Waals surface area contributed by atoms with Gasteiger partial charge in [0.05, 0.1) is 34.4 Å². The van der Waals surface area contributed by atoms with Crippen LogP contribution in [0, 0.1) is 0 Å². The number of hydrogen-bond donors (Lipinski definition) is 0. The molecule has 342 valence electrons. The highest BCUT2D eigenvalue weighted by Gasteiger charge is 2.20. The molecule has 0 aliphatic carbocycles. The number of carbonyl (C=O) groups excluding carboxylic acids is 1. The van der Waals surface area contributed by atoms with Crippen LogP contribution in [-0.4, -0.2) is 70.7 Å². The molecular weight excluding hydrogens is 746 g/mol. The van der Waals surface area contributed by atoms with Crippen LogP contribution in [0.5, 0.6) is 0 Å². The van der Waals surface area contributed by atoms with Crippen molar-refractivity contribution >= 4 is 13.8 Å². The quantitative estimate of drug-likeness (QED) is 0.0198. The van der Waals surface area contributed by atoms with Gasteiger partial charge in [0, 0.05) is 13.0 Å². The van der Waals surface area contributed by atoms with Gasteiger partial charge in [-0.2, -0.15) is 0 Å². The van der Waals surface area contributed by atoms with E-state index in [1.807, 2.05) is 21.1 Å². The Morgan fingerprint density at radius 1 is 0.534 bits per heavy atom. The van der Waals surface area contributed by atoms with Gasteiger partial charge in [-0.05, 0) is 70.6 Å². The molecule has 0 aliphatic heterocycles. The predicted octanol–water partition coefficient (Wildman–Crippen LogP) is 13.9. The van der Waals surface area contributed by atoms with Crippen LogP contribution in [-0.2, 0) is 27.9 Å². The molecule has 2 unspecified atom stereocenters. The van der Waals surface area contributed by atoms with Gasteiger partial charge >= 0.3 is 5.97 Å². The van der Waals surface area contributed by atoms with Crippen LogP contribution in [0.4, 0.5) is 0 Å². The van der Waals surface area contributed by atoms with E-state index in [0.717, 1.165) is 38.5 Å². The number of hydrogen-bond acceptors (Lipinski definition) is 7. The van der Waals surface area contributed by atoms with E-state index in [9.17, 15) is 14.3 Å². The van der Waals surface area contributed by atoms with Gasteiger partial charge in [-0.25, -0.2) is 0 Å². The number of esters is 1. The van der Waals surface area contributed by atoms with E-state index in [1.165, 1.54) is 154 Å². The summed E-state index contributed by atoms with van der Waals surface area (Å²) in [6.45, 7) is 5.39. The summed E-state index contributed by atoms with van der Waals surface area (Å²) in [6.07, 6.45) is 50.1. The zero-order valence-electron chi connectivity index (χ0n) is 38.7. The first-order valence-corrected chi connectivity index (χ1v) is 25.7. The van der Waals surface area contributed by atoms with Crippen molar-refractivity contribution in [3.05, 3.63) is 36.5 Å².